The van der Waals surface area contributed by atoms with Crippen molar-refractivity contribution in [1.82, 2.24) is 5.32 Å². The van der Waals surface area contributed by atoms with Crippen molar-refractivity contribution in [2.75, 3.05) is 13.2 Å². The molecule has 0 heterocycles. The number of halogens is 1. The Morgan fingerprint density at radius 3 is 2.36 bits per heavy atom. The molecule has 0 saturated carbocycles. The van der Waals surface area contributed by atoms with E-state index in [0.717, 1.165) is 5.56 Å². The minimum absolute atomic E-state index is 0. The minimum atomic E-state index is -0.515. The predicted octanol–water partition coefficient (Wildman–Crippen LogP) is 3.73. The first-order valence-corrected chi connectivity index (χ1v) is 8.87. The molecular weight excluding hydrogens is 382 g/mol. The molecule has 8 heteroatoms. The molecule has 0 aliphatic rings. The maximum atomic E-state index is 12.0. The number of carbonyl (C=O) groups excluding carboxylic acids is 1. The van der Waals surface area contributed by atoms with Crippen LogP contribution in [0.2, 0.25) is 0 Å². The molecule has 2 aromatic rings. The molecule has 1 atom stereocenters. The van der Waals surface area contributed by atoms with Crippen LogP contribution in [-0.2, 0) is 4.79 Å². The normalized spacial score (nSPS) is 11.4. The second-order valence-electron chi connectivity index (χ2n) is 6.56. The molecule has 28 heavy (non-hydrogen) atoms. The Balaban J connectivity index is 0.00000392. The summed E-state index contributed by atoms with van der Waals surface area (Å²) in [5.41, 5.74) is 8.19. The van der Waals surface area contributed by atoms with Crippen LogP contribution in [0.4, 0.5) is 5.69 Å². The number of ether oxygens (including phenoxy) is 1. The van der Waals surface area contributed by atoms with Gasteiger partial charge in [-0.1, -0.05) is 50.2 Å². The summed E-state index contributed by atoms with van der Waals surface area (Å²) in [6, 6.07) is 13.8. The Bertz CT molecular complexity index is 781. The minimum Gasteiger partial charge on any atom is -0.486 e. The first-order chi connectivity index (χ1) is 12.9. The van der Waals surface area contributed by atoms with Gasteiger partial charge in [-0.2, -0.15) is 0 Å². The van der Waals surface area contributed by atoms with E-state index in [1.165, 1.54) is 17.7 Å². The van der Waals surface area contributed by atoms with Gasteiger partial charge < -0.3 is 15.8 Å². The number of nitro groups is 1. The fourth-order valence-corrected chi connectivity index (χ4v) is 2.54. The summed E-state index contributed by atoms with van der Waals surface area (Å²) in [6.45, 7) is 4.61. The fraction of sp³-hybridized carbons (Fsp3) is 0.350. The number of rotatable bonds is 9. The Labute approximate surface area is 170 Å². The van der Waals surface area contributed by atoms with Gasteiger partial charge in [-0.05, 0) is 23.1 Å². The summed E-state index contributed by atoms with van der Waals surface area (Å²) < 4.78 is 5.36. The number of carbonyl (C=O) groups is 1. The van der Waals surface area contributed by atoms with Gasteiger partial charge in [0.1, 0.15) is 0 Å². The van der Waals surface area contributed by atoms with Crippen LogP contribution in [0.15, 0.2) is 48.5 Å². The van der Waals surface area contributed by atoms with E-state index in [9.17, 15) is 14.9 Å². The summed E-state index contributed by atoms with van der Waals surface area (Å²) in [4.78, 5) is 22.4. The van der Waals surface area contributed by atoms with Crippen molar-refractivity contribution in [2.24, 2.45) is 5.73 Å². The molecule has 0 fully saturated rings. The third-order valence-electron chi connectivity index (χ3n) is 4.20. The lowest BCUT2D eigenvalue weighted by Gasteiger charge is -2.15. The van der Waals surface area contributed by atoms with Crippen molar-refractivity contribution in [3.05, 3.63) is 69.8 Å². The fourth-order valence-electron chi connectivity index (χ4n) is 2.54. The Hall–Kier alpha value is -2.64. The van der Waals surface area contributed by atoms with Crippen molar-refractivity contribution in [3.63, 3.8) is 0 Å². The van der Waals surface area contributed by atoms with Crippen molar-refractivity contribution >= 4 is 24.0 Å². The zero-order valence-electron chi connectivity index (χ0n) is 16.0. The summed E-state index contributed by atoms with van der Waals surface area (Å²) in [6.07, 6.45) is 0.0883. The SMILES string of the molecule is CC(C)c1ccc(C(N)CNC(=O)CCOc2ccccc2[N+](=O)[O-])cc1.Cl. The molecule has 1 unspecified atom stereocenters. The van der Waals surface area contributed by atoms with Crippen molar-refractivity contribution in [3.8, 4) is 5.75 Å². The number of nitrogens with two attached hydrogens (primary N) is 1. The number of para-hydroxylation sites is 2. The molecule has 0 bridgehead atoms. The topological polar surface area (TPSA) is 107 Å². The Morgan fingerprint density at radius 2 is 1.75 bits per heavy atom. The summed E-state index contributed by atoms with van der Waals surface area (Å²) in [7, 11) is 0. The number of nitrogens with one attached hydrogen (secondary N) is 1. The highest BCUT2D eigenvalue weighted by molar-refractivity contribution is 5.85. The molecule has 0 radical (unpaired) electrons. The van der Waals surface area contributed by atoms with Gasteiger partial charge in [-0.15, -0.1) is 12.4 Å². The van der Waals surface area contributed by atoms with Gasteiger partial charge in [0.2, 0.25) is 5.91 Å². The van der Waals surface area contributed by atoms with Crippen molar-refractivity contribution < 1.29 is 14.5 Å². The number of nitro benzene ring substituents is 1. The number of nitrogens with zero attached hydrogens (tertiary/aromatic N) is 1. The molecule has 0 saturated heterocycles. The Morgan fingerprint density at radius 1 is 1.14 bits per heavy atom. The van der Waals surface area contributed by atoms with Gasteiger partial charge in [0.05, 0.1) is 18.0 Å². The van der Waals surface area contributed by atoms with Gasteiger partial charge in [-0.25, -0.2) is 0 Å². The summed E-state index contributed by atoms with van der Waals surface area (Å²) in [5, 5.41) is 13.7. The van der Waals surface area contributed by atoms with Crippen molar-refractivity contribution in [2.45, 2.75) is 32.2 Å². The van der Waals surface area contributed by atoms with E-state index in [2.05, 4.69) is 19.2 Å². The average Bonchev–Trinajstić information content (AvgIpc) is 2.66. The molecule has 2 aromatic carbocycles. The molecule has 0 aliphatic carbocycles. The molecular formula is C20H26ClN3O4. The lowest BCUT2D eigenvalue weighted by atomic mass is 9.99. The van der Waals surface area contributed by atoms with Crippen LogP contribution in [0, 0.1) is 10.1 Å². The van der Waals surface area contributed by atoms with E-state index < -0.39 is 4.92 Å². The van der Waals surface area contributed by atoms with Gasteiger partial charge in [0.15, 0.2) is 5.75 Å². The van der Waals surface area contributed by atoms with E-state index >= 15 is 0 Å². The lowest BCUT2D eigenvalue weighted by Crippen LogP contribution is -2.32. The number of hydrogen-bond acceptors (Lipinski definition) is 5. The smallest absolute Gasteiger partial charge is 0.310 e. The highest BCUT2D eigenvalue weighted by atomic mass is 35.5. The second-order valence-corrected chi connectivity index (χ2v) is 6.56. The maximum Gasteiger partial charge on any atom is 0.310 e. The third-order valence-corrected chi connectivity index (χ3v) is 4.20. The lowest BCUT2D eigenvalue weighted by molar-refractivity contribution is -0.385. The monoisotopic (exact) mass is 407 g/mol. The Kier molecular flexibility index (Phi) is 9.41. The van der Waals surface area contributed by atoms with Crippen LogP contribution in [0.3, 0.4) is 0 Å². The van der Waals surface area contributed by atoms with Gasteiger partial charge in [0, 0.05) is 18.7 Å². The second kappa shape index (κ2) is 11.3. The quantitative estimate of drug-likeness (QED) is 0.486. The number of amides is 1. The van der Waals surface area contributed by atoms with Crippen molar-refractivity contribution in [1.29, 1.82) is 0 Å². The molecule has 1 amide bonds. The maximum absolute atomic E-state index is 12.0. The summed E-state index contributed by atoms with van der Waals surface area (Å²) in [5.74, 6) is 0.385. The molecule has 0 spiro atoms. The molecule has 0 aliphatic heterocycles. The van der Waals surface area contributed by atoms with E-state index in [-0.39, 0.29) is 48.8 Å². The van der Waals surface area contributed by atoms with Crippen LogP contribution >= 0.6 is 12.4 Å². The van der Waals surface area contributed by atoms with E-state index in [4.69, 9.17) is 10.5 Å². The predicted molar refractivity (Wildman–Crippen MR) is 111 cm³/mol. The molecule has 152 valence electrons. The zero-order valence-corrected chi connectivity index (χ0v) is 16.8. The molecule has 7 nitrogen and oxygen atoms in total. The number of hydrogen-bond donors (Lipinski definition) is 2. The zero-order chi connectivity index (χ0) is 19.8. The average molecular weight is 408 g/mol. The van der Waals surface area contributed by atoms with E-state index in [0.29, 0.717) is 12.5 Å². The summed E-state index contributed by atoms with van der Waals surface area (Å²) >= 11 is 0. The molecule has 2 rings (SSSR count). The highest BCUT2D eigenvalue weighted by Gasteiger charge is 2.14. The molecule has 0 aromatic heterocycles. The van der Waals surface area contributed by atoms with Crippen LogP contribution in [0.1, 0.15) is 43.4 Å². The first kappa shape index (κ1) is 23.4. The van der Waals surface area contributed by atoms with E-state index in [1.807, 2.05) is 24.3 Å². The van der Waals surface area contributed by atoms with Gasteiger partial charge in [0.25, 0.3) is 0 Å². The number of benzene rings is 2. The van der Waals surface area contributed by atoms with Gasteiger partial charge >= 0.3 is 5.69 Å². The highest BCUT2D eigenvalue weighted by Crippen LogP contribution is 2.25. The van der Waals surface area contributed by atoms with Crippen LogP contribution in [0.25, 0.3) is 0 Å². The largest absolute Gasteiger partial charge is 0.486 e. The third kappa shape index (κ3) is 6.83. The molecule has 3 N–H and O–H groups in total. The van der Waals surface area contributed by atoms with E-state index in [1.54, 1.807) is 12.1 Å². The van der Waals surface area contributed by atoms with Gasteiger partial charge in [-0.3, -0.25) is 14.9 Å². The van der Waals surface area contributed by atoms with Crippen LogP contribution in [-0.4, -0.2) is 24.0 Å². The van der Waals surface area contributed by atoms with Crippen LogP contribution < -0.4 is 15.8 Å². The first-order valence-electron chi connectivity index (χ1n) is 8.87. The van der Waals surface area contributed by atoms with Crippen LogP contribution in [0.5, 0.6) is 5.75 Å². The standard InChI is InChI=1S/C20H25N3O4.ClH/c1-14(2)15-7-9-16(10-8-15)17(21)13-22-20(24)11-12-27-19-6-4-3-5-18(19)23(25)26;/h3-10,14,17H,11-13,21H2,1-2H3,(H,22,24);1H.